The van der Waals surface area contributed by atoms with Crippen LogP contribution in [0.5, 0.6) is 0 Å². The standard InChI is InChI=1S/C20H18N2O3/c1-11-15-9-22-7-6-13-12-4-2-3-5-17(12)21-19(13)18(22)8-14(15)16(10-25-11)20(23)24/h2-7,10-11,14-15H,8-9H2,1H3,(H,23,24). The van der Waals surface area contributed by atoms with E-state index in [1.165, 1.54) is 17.0 Å². The lowest BCUT2D eigenvalue weighted by Gasteiger charge is -2.37. The molecule has 5 heteroatoms. The highest BCUT2D eigenvalue weighted by Gasteiger charge is 2.43. The van der Waals surface area contributed by atoms with Crippen LogP contribution in [0.25, 0.3) is 21.8 Å². The van der Waals surface area contributed by atoms with Gasteiger partial charge in [-0.3, -0.25) is 0 Å². The molecule has 0 fully saturated rings. The van der Waals surface area contributed by atoms with Crippen LogP contribution in [0.15, 0.2) is 48.4 Å². The highest BCUT2D eigenvalue weighted by Crippen LogP contribution is 2.37. The van der Waals surface area contributed by atoms with E-state index in [9.17, 15) is 9.90 Å². The second-order valence-corrected chi connectivity index (χ2v) is 7.05. The van der Waals surface area contributed by atoms with Gasteiger partial charge < -0.3 is 19.6 Å². The number of carbonyl (C=O) groups is 1. The third kappa shape index (κ3) is 2.02. The number of benzene rings is 1. The summed E-state index contributed by atoms with van der Waals surface area (Å²) in [5, 5.41) is 13.9. The molecular formula is C20H18N2O3. The summed E-state index contributed by atoms with van der Waals surface area (Å²) < 4.78 is 7.80. The summed E-state index contributed by atoms with van der Waals surface area (Å²) in [5.74, 6) is -1.07. The molecule has 2 aliphatic heterocycles. The minimum atomic E-state index is -1.13. The Labute approximate surface area is 144 Å². The normalized spacial score (nSPS) is 25.2. The molecule has 4 heterocycles. The molecule has 2 aromatic heterocycles. The number of fused-ring (bicyclic) bond motifs is 6. The number of para-hydroxylation sites is 1. The molecule has 5 nitrogen and oxygen atoms in total. The van der Waals surface area contributed by atoms with E-state index in [0.29, 0.717) is 6.42 Å². The molecule has 3 atom stereocenters. The first-order chi connectivity index (χ1) is 12.1. The lowest BCUT2D eigenvalue weighted by Crippen LogP contribution is -2.54. The predicted octanol–water partition coefficient (Wildman–Crippen LogP) is 1.45. The lowest BCUT2D eigenvalue weighted by molar-refractivity contribution is -0.717. The number of aliphatic carboxylic acids is 1. The van der Waals surface area contributed by atoms with E-state index in [2.05, 4.69) is 33.9 Å². The summed E-state index contributed by atoms with van der Waals surface area (Å²) >= 11 is 0. The zero-order valence-electron chi connectivity index (χ0n) is 13.9. The number of nitrogens with zero attached hydrogens (tertiary/aromatic N) is 1. The molecule has 126 valence electrons. The Hall–Kier alpha value is -2.82. The van der Waals surface area contributed by atoms with Gasteiger partial charge in [0.15, 0.2) is 12.7 Å². The summed E-state index contributed by atoms with van der Waals surface area (Å²) in [6, 6.07) is 10.4. The highest BCUT2D eigenvalue weighted by molar-refractivity contribution is 6.07. The molecule has 0 amide bonds. The number of aromatic nitrogens is 2. The maximum atomic E-state index is 11.6. The molecule has 0 radical (unpaired) electrons. The van der Waals surface area contributed by atoms with Gasteiger partial charge in [0.05, 0.1) is 18.1 Å². The van der Waals surface area contributed by atoms with E-state index in [-0.39, 0.29) is 23.5 Å². The van der Waals surface area contributed by atoms with Crippen molar-refractivity contribution in [2.75, 3.05) is 0 Å². The van der Waals surface area contributed by atoms with Gasteiger partial charge in [0.2, 0.25) is 5.69 Å². The highest BCUT2D eigenvalue weighted by atomic mass is 16.5. The quantitative estimate of drug-likeness (QED) is 0.685. The van der Waals surface area contributed by atoms with Crippen LogP contribution in [0.1, 0.15) is 12.6 Å². The van der Waals surface area contributed by atoms with Crippen LogP contribution in [0, 0.1) is 11.8 Å². The fourth-order valence-corrected chi connectivity index (χ4v) is 4.45. The van der Waals surface area contributed by atoms with Crippen LogP contribution >= 0.6 is 0 Å². The molecule has 0 aliphatic carbocycles. The Balaban J connectivity index is 1.71. The Kier molecular flexibility index (Phi) is 2.95. The number of aromatic amines is 1. The Morgan fingerprint density at radius 2 is 2.12 bits per heavy atom. The number of hydrogen-bond donors (Lipinski definition) is 1. The molecule has 25 heavy (non-hydrogen) atoms. The minimum absolute atomic E-state index is 0.00726. The van der Waals surface area contributed by atoms with Crippen LogP contribution < -0.4 is 9.67 Å². The SMILES string of the molecule is CC1OC=C(C(=O)[O-])C2Cc3c4[nH]c5ccccc5c4cc[n+]3CC12. The molecule has 1 N–H and O–H groups in total. The fraction of sp³-hybridized carbons (Fsp3) is 0.300. The van der Waals surface area contributed by atoms with Gasteiger partial charge in [0, 0.05) is 40.3 Å². The molecular weight excluding hydrogens is 316 g/mol. The summed E-state index contributed by atoms with van der Waals surface area (Å²) in [7, 11) is 0. The average Bonchev–Trinajstić information content (AvgIpc) is 3.00. The van der Waals surface area contributed by atoms with E-state index in [0.717, 1.165) is 23.3 Å². The number of carboxylic acids is 1. The zero-order chi connectivity index (χ0) is 17.1. The Morgan fingerprint density at radius 3 is 2.96 bits per heavy atom. The lowest BCUT2D eigenvalue weighted by atomic mass is 9.76. The number of H-pyrrole nitrogens is 1. The van der Waals surface area contributed by atoms with E-state index < -0.39 is 5.97 Å². The van der Waals surface area contributed by atoms with Gasteiger partial charge in [0.25, 0.3) is 0 Å². The maximum absolute atomic E-state index is 11.6. The summed E-state index contributed by atoms with van der Waals surface area (Å²) in [4.78, 5) is 15.1. The van der Waals surface area contributed by atoms with Gasteiger partial charge in [-0.25, -0.2) is 4.57 Å². The monoisotopic (exact) mass is 334 g/mol. The van der Waals surface area contributed by atoms with Crippen LogP contribution in [0.3, 0.4) is 0 Å². The summed E-state index contributed by atoms with van der Waals surface area (Å²) in [5.41, 5.74) is 3.63. The molecule has 2 aliphatic rings. The van der Waals surface area contributed by atoms with Crippen molar-refractivity contribution < 1.29 is 19.2 Å². The van der Waals surface area contributed by atoms with Crippen molar-refractivity contribution in [2.45, 2.75) is 26.0 Å². The largest absolute Gasteiger partial charge is 0.545 e. The maximum Gasteiger partial charge on any atom is 0.206 e. The van der Waals surface area contributed by atoms with Crippen LogP contribution in [-0.2, 0) is 22.5 Å². The van der Waals surface area contributed by atoms with Gasteiger partial charge in [0.1, 0.15) is 11.6 Å². The average molecular weight is 334 g/mol. The Morgan fingerprint density at radius 1 is 1.28 bits per heavy atom. The number of carbonyl (C=O) groups excluding carboxylic acids is 1. The minimum Gasteiger partial charge on any atom is -0.545 e. The number of hydrogen-bond acceptors (Lipinski definition) is 3. The van der Waals surface area contributed by atoms with Crippen molar-refractivity contribution in [1.29, 1.82) is 0 Å². The van der Waals surface area contributed by atoms with Crippen LogP contribution in [-0.4, -0.2) is 17.1 Å². The zero-order valence-corrected chi connectivity index (χ0v) is 13.9. The second kappa shape index (κ2) is 5.09. The third-order valence-electron chi connectivity index (χ3n) is 5.79. The van der Waals surface area contributed by atoms with Crippen LogP contribution in [0.2, 0.25) is 0 Å². The number of pyridine rings is 1. The van der Waals surface area contributed by atoms with E-state index >= 15 is 0 Å². The topological polar surface area (TPSA) is 69.0 Å². The van der Waals surface area contributed by atoms with Gasteiger partial charge >= 0.3 is 0 Å². The first-order valence-corrected chi connectivity index (χ1v) is 8.62. The molecule has 0 saturated heterocycles. The van der Waals surface area contributed by atoms with Gasteiger partial charge in [-0.05, 0) is 13.0 Å². The van der Waals surface area contributed by atoms with E-state index in [4.69, 9.17) is 4.74 Å². The van der Waals surface area contributed by atoms with Gasteiger partial charge in [-0.15, -0.1) is 0 Å². The number of ether oxygens (including phenoxy) is 1. The summed E-state index contributed by atoms with van der Waals surface area (Å²) in [6.45, 7) is 2.75. The number of carboxylic acid groups (broad SMARTS) is 1. The summed E-state index contributed by atoms with van der Waals surface area (Å²) in [6.07, 6.45) is 4.16. The third-order valence-corrected chi connectivity index (χ3v) is 5.79. The first kappa shape index (κ1) is 14.5. The van der Waals surface area contributed by atoms with Gasteiger partial charge in [-0.1, -0.05) is 18.2 Å². The molecule has 3 unspecified atom stereocenters. The Bertz CT molecular complexity index is 1050. The molecule has 0 saturated carbocycles. The van der Waals surface area contributed by atoms with Crippen LogP contribution in [0.4, 0.5) is 0 Å². The van der Waals surface area contributed by atoms with Crippen molar-refractivity contribution in [2.24, 2.45) is 11.8 Å². The van der Waals surface area contributed by atoms with E-state index in [1.54, 1.807) is 0 Å². The van der Waals surface area contributed by atoms with Crippen molar-refractivity contribution >= 4 is 27.8 Å². The van der Waals surface area contributed by atoms with Crippen molar-refractivity contribution in [1.82, 2.24) is 4.98 Å². The first-order valence-electron chi connectivity index (χ1n) is 8.62. The van der Waals surface area contributed by atoms with Crippen molar-refractivity contribution in [3.8, 4) is 0 Å². The molecule has 0 spiro atoms. The number of nitrogens with one attached hydrogen (secondary N) is 1. The number of rotatable bonds is 1. The second-order valence-electron chi connectivity index (χ2n) is 7.05. The fourth-order valence-electron chi connectivity index (χ4n) is 4.45. The van der Waals surface area contributed by atoms with Gasteiger partial charge in [-0.2, -0.15) is 0 Å². The smallest absolute Gasteiger partial charge is 0.206 e. The molecule has 1 aromatic carbocycles. The van der Waals surface area contributed by atoms with Crippen molar-refractivity contribution in [3.63, 3.8) is 0 Å². The van der Waals surface area contributed by atoms with Crippen molar-refractivity contribution in [3.05, 3.63) is 54.1 Å². The molecule has 3 aromatic rings. The molecule has 0 bridgehead atoms. The van der Waals surface area contributed by atoms with E-state index in [1.807, 2.05) is 19.1 Å². The molecule has 5 rings (SSSR count). The predicted molar refractivity (Wildman–Crippen MR) is 90.3 cm³/mol.